The van der Waals surface area contributed by atoms with Crippen LogP contribution in [0.1, 0.15) is 13.8 Å². The van der Waals surface area contributed by atoms with Crippen molar-refractivity contribution in [2.75, 3.05) is 17.2 Å². The minimum atomic E-state index is -0.0707. The fraction of sp³-hybridized carbons (Fsp3) is 0.208. The molecule has 0 N–H and O–H groups in total. The van der Waals surface area contributed by atoms with Gasteiger partial charge in [-0.15, -0.1) is 0 Å². The highest BCUT2D eigenvalue weighted by Crippen LogP contribution is 2.23. The van der Waals surface area contributed by atoms with Crippen LogP contribution >= 0.6 is 11.8 Å². The number of rotatable bonds is 6. The molecule has 6 heteroatoms. The van der Waals surface area contributed by atoms with Crippen LogP contribution in [0.5, 0.6) is 0 Å². The lowest BCUT2D eigenvalue weighted by Gasteiger charge is -2.21. The summed E-state index contributed by atoms with van der Waals surface area (Å²) >= 11 is 1.31. The predicted octanol–water partition coefficient (Wildman–Crippen LogP) is 4.71. The van der Waals surface area contributed by atoms with Crippen molar-refractivity contribution in [3.05, 3.63) is 77.1 Å². The van der Waals surface area contributed by atoms with Gasteiger partial charge in [0.2, 0.25) is 5.91 Å². The highest BCUT2D eigenvalue weighted by Gasteiger charge is 2.17. The van der Waals surface area contributed by atoms with Gasteiger partial charge in [-0.05, 0) is 48.9 Å². The van der Waals surface area contributed by atoms with E-state index in [4.69, 9.17) is 4.98 Å². The third-order valence-electron chi connectivity index (χ3n) is 5.11. The largest absolute Gasteiger partial charge is 0.312 e. The van der Waals surface area contributed by atoms with Crippen molar-refractivity contribution in [3.8, 4) is 0 Å². The van der Waals surface area contributed by atoms with Gasteiger partial charge in [0, 0.05) is 18.8 Å². The highest BCUT2D eigenvalue weighted by atomic mass is 32.2. The Hall–Kier alpha value is -3.12. The molecule has 1 aromatic heterocycles. The molecule has 30 heavy (non-hydrogen) atoms. The maximum Gasteiger partial charge on any atom is 0.262 e. The number of hydrogen-bond acceptors (Lipinski definition) is 4. The van der Waals surface area contributed by atoms with Crippen LogP contribution in [0.2, 0.25) is 0 Å². The Morgan fingerprint density at radius 2 is 1.67 bits per heavy atom. The van der Waals surface area contributed by atoms with Crippen molar-refractivity contribution in [1.29, 1.82) is 0 Å². The third kappa shape index (κ3) is 3.83. The number of thioether (sulfide) groups is 1. The Labute approximate surface area is 179 Å². The number of benzene rings is 3. The van der Waals surface area contributed by atoms with Crippen LogP contribution in [0.25, 0.3) is 21.7 Å². The molecule has 1 heterocycles. The zero-order valence-electron chi connectivity index (χ0n) is 17.0. The summed E-state index contributed by atoms with van der Waals surface area (Å²) < 4.78 is 1.65. The average molecular weight is 418 g/mol. The first-order chi connectivity index (χ1) is 14.6. The molecule has 0 aliphatic carbocycles. The van der Waals surface area contributed by atoms with E-state index in [1.54, 1.807) is 9.47 Å². The van der Waals surface area contributed by atoms with E-state index in [1.807, 2.05) is 80.6 Å². The van der Waals surface area contributed by atoms with Gasteiger partial charge in [0.1, 0.15) is 0 Å². The van der Waals surface area contributed by atoms with Crippen LogP contribution in [0, 0.1) is 0 Å². The molecule has 0 aliphatic rings. The molecule has 4 aromatic rings. The molecule has 0 fully saturated rings. The molecule has 152 valence electrons. The van der Waals surface area contributed by atoms with Crippen molar-refractivity contribution < 1.29 is 4.79 Å². The number of carbonyl (C=O) groups is 1. The minimum absolute atomic E-state index is 0.00999. The average Bonchev–Trinajstić information content (AvgIpc) is 2.78. The summed E-state index contributed by atoms with van der Waals surface area (Å²) in [6.45, 7) is 4.96. The lowest BCUT2D eigenvalue weighted by Crippen LogP contribution is -2.32. The molecule has 0 aliphatic heterocycles. The van der Waals surface area contributed by atoms with Crippen molar-refractivity contribution in [2.24, 2.45) is 0 Å². The molecule has 4 rings (SSSR count). The Morgan fingerprint density at radius 3 is 2.33 bits per heavy atom. The number of para-hydroxylation sites is 1. The summed E-state index contributed by atoms with van der Waals surface area (Å²) in [5.41, 5.74) is 1.46. The zero-order chi connectivity index (χ0) is 21.1. The minimum Gasteiger partial charge on any atom is -0.312 e. The van der Waals surface area contributed by atoms with Gasteiger partial charge >= 0.3 is 0 Å². The van der Waals surface area contributed by atoms with E-state index in [0.717, 1.165) is 16.5 Å². The first-order valence-corrected chi connectivity index (χ1v) is 11.0. The van der Waals surface area contributed by atoms with Gasteiger partial charge in [-0.25, -0.2) is 4.98 Å². The predicted molar refractivity (Wildman–Crippen MR) is 124 cm³/mol. The van der Waals surface area contributed by atoms with Gasteiger partial charge in [-0.2, -0.15) is 0 Å². The SMILES string of the molecule is CCN(C(=O)CSc1nc2cc3ccccc3cc2c(=O)n1CC)c1ccccc1. The van der Waals surface area contributed by atoms with E-state index in [1.165, 1.54) is 11.8 Å². The highest BCUT2D eigenvalue weighted by molar-refractivity contribution is 7.99. The zero-order valence-corrected chi connectivity index (χ0v) is 17.9. The number of aromatic nitrogens is 2. The summed E-state index contributed by atoms with van der Waals surface area (Å²) in [6.07, 6.45) is 0. The van der Waals surface area contributed by atoms with Crippen LogP contribution in [0.15, 0.2) is 76.7 Å². The fourth-order valence-electron chi connectivity index (χ4n) is 3.59. The second-order valence-corrected chi connectivity index (χ2v) is 7.87. The van der Waals surface area contributed by atoms with Crippen molar-refractivity contribution in [3.63, 3.8) is 0 Å². The summed E-state index contributed by atoms with van der Waals surface area (Å²) in [5.74, 6) is 0.207. The van der Waals surface area contributed by atoms with Gasteiger partial charge in [0.05, 0.1) is 16.7 Å². The molecule has 0 radical (unpaired) electrons. The van der Waals surface area contributed by atoms with E-state index in [2.05, 4.69) is 0 Å². The Kier molecular flexibility index (Phi) is 5.86. The first-order valence-electron chi connectivity index (χ1n) is 10.0. The molecule has 0 unspecified atom stereocenters. The van der Waals surface area contributed by atoms with Gasteiger partial charge in [0.25, 0.3) is 5.56 Å². The number of carbonyl (C=O) groups excluding carboxylic acids is 1. The van der Waals surface area contributed by atoms with E-state index in [9.17, 15) is 9.59 Å². The van der Waals surface area contributed by atoms with Crippen LogP contribution in [-0.2, 0) is 11.3 Å². The summed E-state index contributed by atoms with van der Waals surface area (Å²) in [4.78, 5) is 32.4. The second-order valence-electron chi connectivity index (χ2n) is 6.92. The molecule has 0 saturated heterocycles. The summed E-state index contributed by atoms with van der Waals surface area (Å²) in [5, 5.41) is 3.23. The number of fused-ring (bicyclic) bond motifs is 2. The quantitative estimate of drug-likeness (QED) is 0.259. The van der Waals surface area contributed by atoms with Crippen LogP contribution < -0.4 is 10.5 Å². The first kappa shape index (κ1) is 20.2. The molecule has 3 aromatic carbocycles. The monoisotopic (exact) mass is 417 g/mol. The molecule has 5 nitrogen and oxygen atoms in total. The Morgan fingerprint density at radius 1 is 1.00 bits per heavy atom. The molecule has 0 saturated carbocycles. The van der Waals surface area contributed by atoms with Gasteiger partial charge < -0.3 is 4.90 Å². The Balaban J connectivity index is 1.67. The normalized spacial score (nSPS) is 11.1. The van der Waals surface area contributed by atoms with E-state index >= 15 is 0 Å². The smallest absolute Gasteiger partial charge is 0.262 e. The van der Waals surface area contributed by atoms with Crippen molar-refractivity contribution in [1.82, 2.24) is 9.55 Å². The molecule has 0 bridgehead atoms. The van der Waals surface area contributed by atoms with E-state index in [0.29, 0.717) is 29.1 Å². The van der Waals surface area contributed by atoms with Gasteiger partial charge in [-0.1, -0.05) is 54.2 Å². The van der Waals surface area contributed by atoms with E-state index in [-0.39, 0.29) is 17.2 Å². The molecular formula is C24H23N3O2S. The van der Waals surface area contributed by atoms with E-state index < -0.39 is 0 Å². The summed E-state index contributed by atoms with van der Waals surface area (Å²) in [6, 6.07) is 21.4. The van der Waals surface area contributed by atoms with Gasteiger partial charge in [-0.3, -0.25) is 14.2 Å². The van der Waals surface area contributed by atoms with Crippen LogP contribution in [-0.4, -0.2) is 27.8 Å². The number of hydrogen-bond donors (Lipinski definition) is 0. The molecular weight excluding hydrogens is 394 g/mol. The third-order valence-corrected chi connectivity index (χ3v) is 6.07. The van der Waals surface area contributed by atoms with Crippen molar-refractivity contribution in [2.45, 2.75) is 25.5 Å². The maximum atomic E-state index is 13.1. The standard InChI is InChI=1S/C24H23N3O2S/c1-3-26(19-12-6-5-7-13-19)22(28)16-30-24-25-21-15-18-11-9-8-10-17(18)14-20(21)23(29)27(24)4-2/h5-15H,3-4,16H2,1-2H3. The topological polar surface area (TPSA) is 55.2 Å². The van der Waals surface area contributed by atoms with Crippen molar-refractivity contribution >= 4 is 45.0 Å². The number of amides is 1. The lowest BCUT2D eigenvalue weighted by molar-refractivity contribution is -0.116. The molecule has 0 atom stereocenters. The molecule has 1 amide bonds. The maximum absolute atomic E-state index is 13.1. The second kappa shape index (κ2) is 8.71. The van der Waals surface area contributed by atoms with Crippen LogP contribution in [0.4, 0.5) is 5.69 Å². The van der Waals surface area contributed by atoms with Crippen LogP contribution in [0.3, 0.4) is 0 Å². The fourth-order valence-corrected chi connectivity index (χ4v) is 4.53. The lowest BCUT2D eigenvalue weighted by atomic mass is 10.1. The number of nitrogens with zero attached hydrogens (tertiary/aromatic N) is 3. The van der Waals surface area contributed by atoms with Gasteiger partial charge in [0.15, 0.2) is 5.16 Å². The number of anilines is 1. The molecule has 0 spiro atoms. The Bertz CT molecular complexity index is 1270. The summed E-state index contributed by atoms with van der Waals surface area (Å²) in [7, 11) is 0.